The molecular formula is C28H37ClN4O3. The van der Waals surface area contributed by atoms with Gasteiger partial charge in [-0.3, -0.25) is 4.68 Å². The van der Waals surface area contributed by atoms with E-state index in [1.165, 1.54) is 5.56 Å². The number of halogens is 1. The molecule has 36 heavy (non-hydrogen) atoms. The van der Waals surface area contributed by atoms with E-state index in [9.17, 15) is 5.11 Å². The molecule has 0 saturated heterocycles. The van der Waals surface area contributed by atoms with Crippen LogP contribution < -0.4 is 10.1 Å². The van der Waals surface area contributed by atoms with Gasteiger partial charge in [0.25, 0.3) is 0 Å². The number of para-hydroxylation sites is 1. The Balaban J connectivity index is 0.000000299. The lowest BCUT2D eigenvalue weighted by molar-refractivity contribution is 0.177. The minimum atomic E-state index is -0.554. The predicted octanol–water partition coefficient (Wildman–Crippen LogP) is 4.48. The molecule has 3 N–H and O–H groups in total. The molecule has 3 aromatic carbocycles. The molecule has 0 aliphatic heterocycles. The number of likely N-dealkylation sites (N-methyl/N-ethyl adjacent to an activating group) is 1. The van der Waals surface area contributed by atoms with Crippen LogP contribution in [-0.4, -0.2) is 65.7 Å². The van der Waals surface area contributed by atoms with E-state index >= 15 is 0 Å². The maximum atomic E-state index is 9.47. The maximum absolute atomic E-state index is 9.47. The lowest BCUT2D eigenvalue weighted by atomic mass is 10.1. The molecule has 194 valence electrons. The standard InChI is InChI=1S/C19H23N3O.C9H13NO2.ClH/c1-21(2)13-8-14-23-19-17-11-6-7-12-18(17)22(20-19)15-16-9-4-3-5-10-16;1-10-6-9(12)7-3-2-4-8(11)5-7;/h3-7,9-12H,8,13-15H2,1-2H3;2-5,9-12H,6H2,1H3;1H/t;9-;/m.0./s1. The van der Waals surface area contributed by atoms with Gasteiger partial charge in [0.2, 0.25) is 5.88 Å². The van der Waals surface area contributed by atoms with E-state index in [0.717, 1.165) is 41.9 Å². The smallest absolute Gasteiger partial charge is 0.240 e. The second kappa shape index (κ2) is 15.1. The summed E-state index contributed by atoms with van der Waals surface area (Å²) in [5.41, 5.74) is 3.07. The van der Waals surface area contributed by atoms with E-state index in [1.807, 2.05) is 22.9 Å². The molecule has 0 aliphatic rings. The number of aromatic nitrogens is 2. The topological polar surface area (TPSA) is 82.8 Å². The van der Waals surface area contributed by atoms with Crippen LogP contribution in [0.25, 0.3) is 10.9 Å². The second-order valence-electron chi connectivity index (χ2n) is 8.64. The highest BCUT2D eigenvalue weighted by Gasteiger charge is 2.11. The van der Waals surface area contributed by atoms with E-state index in [4.69, 9.17) is 9.84 Å². The number of nitrogens with zero attached hydrogens (tertiary/aromatic N) is 3. The lowest BCUT2D eigenvalue weighted by Crippen LogP contribution is -2.16. The first-order valence-corrected chi connectivity index (χ1v) is 11.9. The van der Waals surface area contributed by atoms with Crippen LogP contribution in [0.15, 0.2) is 78.9 Å². The highest BCUT2D eigenvalue weighted by Crippen LogP contribution is 2.25. The van der Waals surface area contributed by atoms with Gasteiger partial charge in [-0.15, -0.1) is 17.5 Å². The molecule has 1 aromatic heterocycles. The average Bonchev–Trinajstić information content (AvgIpc) is 3.20. The number of fused-ring (bicyclic) bond motifs is 1. The van der Waals surface area contributed by atoms with Gasteiger partial charge >= 0.3 is 0 Å². The zero-order valence-corrected chi connectivity index (χ0v) is 22.0. The van der Waals surface area contributed by atoms with Gasteiger partial charge in [0.05, 0.1) is 30.2 Å². The van der Waals surface area contributed by atoms with Gasteiger partial charge in [0, 0.05) is 13.1 Å². The number of hydrogen-bond acceptors (Lipinski definition) is 6. The van der Waals surface area contributed by atoms with Gasteiger partial charge in [-0.2, -0.15) is 0 Å². The van der Waals surface area contributed by atoms with Gasteiger partial charge in [0.15, 0.2) is 0 Å². The monoisotopic (exact) mass is 512 g/mol. The first kappa shape index (κ1) is 29.1. The number of hydrogen-bond donors (Lipinski definition) is 3. The third-order valence-electron chi connectivity index (χ3n) is 5.44. The van der Waals surface area contributed by atoms with Crippen LogP contribution in [0.4, 0.5) is 0 Å². The van der Waals surface area contributed by atoms with Gasteiger partial charge in [-0.05, 0) is 63.0 Å². The molecule has 1 heterocycles. The quantitative estimate of drug-likeness (QED) is 0.272. The van der Waals surface area contributed by atoms with Gasteiger partial charge in [-0.25, -0.2) is 0 Å². The van der Waals surface area contributed by atoms with Crippen molar-refractivity contribution in [3.63, 3.8) is 0 Å². The molecule has 8 heteroatoms. The zero-order valence-electron chi connectivity index (χ0n) is 21.2. The molecule has 0 amide bonds. The van der Waals surface area contributed by atoms with Crippen molar-refractivity contribution in [1.82, 2.24) is 20.0 Å². The van der Waals surface area contributed by atoms with E-state index in [1.54, 1.807) is 31.3 Å². The maximum Gasteiger partial charge on any atom is 0.240 e. The van der Waals surface area contributed by atoms with Crippen LogP contribution in [0.1, 0.15) is 23.7 Å². The SMILES string of the molecule is CN(C)CCCOc1nn(Cc2ccccc2)c2ccccc12.CNC[C@H](O)c1cccc(O)c1.Cl. The minimum absolute atomic E-state index is 0. The summed E-state index contributed by atoms with van der Waals surface area (Å²) in [6.07, 6.45) is 0.439. The number of nitrogens with one attached hydrogen (secondary N) is 1. The van der Waals surface area contributed by atoms with Crippen LogP contribution in [0.3, 0.4) is 0 Å². The zero-order chi connectivity index (χ0) is 25.0. The second-order valence-corrected chi connectivity index (χ2v) is 8.64. The Hall–Kier alpha value is -3.10. The van der Waals surface area contributed by atoms with E-state index < -0.39 is 6.10 Å². The van der Waals surface area contributed by atoms with Crippen molar-refractivity contribution in [1.29, 1.82) is 0 Å². The Morgan fingerprint density at radius 3 is 2.42 bits per heavy atom. The average molecular weight is 513 g/mol. The summed E-state index contributed by atoms with van der Waals surface area (Å²) in [5, 5.41) is 27.2. The Morgan fingerprint density at radius 1 is 1.00 bits per heavy atom. The number of aliphatic hydroxyl groups excluding tert-OH is 1. The first-order valence-electron chi connectivity index (χ1n) is 11.9. The number of aromatic hydroxyl groups is 1. The Morgan fingerprint density at radius 2 is 1.72 bits per heavy atom. The van der Waals surface area contributed by atoms with Crippen molar-refractivity contribution in [2.75, 3.05) is 40.8 Å². The summed E-state index contributed by atoms with van der Waals surface area (Å²) >= 11 is 0. The molecular weight excluding hydrogens is 476 g/mol. The van der Waals surface area contributed by atoms with E-state index in [2.05, 4.69) is 65.8 Å². The molecule has 0 spiro atoms. The van der Waals surface area contributed by atoms with Crippen molar-refractivity contribution in [2.45, 2.75) is 19.1 Å². The van der Waals surface area contributed by atoms with Crippen LogP contribution >= 0.6 is 12.4 Å². The Kier molecular flexibility index (Phi) is 12.2. The summed E-state index contributed by atoms with van der Waals surface area (Å²) in [6.45, 7) is 2.94. The van der Waals surface area contributed by atoms with Crippen LogP contribution in [0.2, 0.25) is 0 Å². The molecule has 4 aromatic rings. The molecule has 1 atom stereocenters. The fraction of sp³-hybridized carbons (Fsp3) is 0.321. The number of phenolic OH excluding ortho intramolecular Hbond substituents is 1. The Bertz CT molecular complexity index is 1170. The van der Waals surface area contributed by atoms with Crippen molar-refractivity contribution < 1.29 is 14.9 Å². The first-order chi connectivity index (χ1) is 17.0. The van der Waals surface area contributed by atoms with Gasteiger partial charge in [-0.1, -0.05) is 54.6 Å². The molecule has 0 fully saturated rings. The van der Waals surface area contributed by atoms with E-state index in [-0.39, 0.29) is 18.2 Å². The third kappa shape index (κ3) is 8.84. The third-order valence-corrected chi connectivity index (χ3v) is 5.44. The van der Waals surface area contributed by atoms with Crippen LogP contribution in [0.5, 0.6) is 11.6 Å². The molecule has 0 unspecified atom stereocenters. The summed E-state index contributed by atoms with van der Waals surface area (Å²) in [6, 6.07) is 25.3. The summed E-state index contributed by atoms with van der Waals surface area (Å²) in [4.78, 5) is 2.16. The summed E-state index contributed by atoms with van der Waals surface area (Å²) in [5.74, 6) is 0.915. The van der Waals surface area contributed by atoms with Crippen molar-refractivity contribution in [3.05, 3.63) is 90.0 Å². The molecule has 7 nitrogen and oxygen atoms in total. The van der Waals surface area contributed by atoms with Crippen molar-refractivity contribution >= 4 is 23.3 Å². The molecule has 0 bridgehead atoms. The number of phenols is 1. The van der Waals surface area contributed by atoms with Crippen molar-refractivity contribution in [2.24, 2.45) is 0 Å². The molecule has 0 aliphatic carbocycles. The fourth-order valence-electron chi connectivity index (χ4n) is 3.67. The highest BCUT2D eigenvalue weighted by molar-refractivity contribution is 5.85. The molecule has 4 rings (SSSR count). The van der Waals surface area contributed by atoms with Crippen LogP contribution in [-0.2, 0) is 6.54 Å². The summed E-state index contributed by atoms with van der Waals surface area (Å²) in [7, 11) is 5.92. The molecule has 0 saturated carbocycles. The van der Waals surface area contributed by atoms with Crippen molar-refractivity contribution in [3.8, 4) is 11.6 Å². The predicted molar refractivity (Wildman–Crippen MR) is 148 cm³/mol. The number of benzene rings is 3. The number of aliphatic hydroxyl groups is 1. The lowest BCUT2D eigenvalue weighted by Gasteiger charge is -2.09. The Labute approximate surface area is 219 Å². The van der Waals surface area contributed by atoms with Crippen LogP contribution in [0, 0.1) is 0 Å². The summed E-state index contributed by atoms with van der Waals surface area (Å²) < 4.78 is 7.95. The highest BCUT2D eigenvalue weighted by atomic mass is 35.5. The van der Waals surface area contributed by atoms with E-state index in [0.29, 0.717) is 13.2 Å². The minimum Gasteiger partial charge on any atom is -0.508 e. The normalized spacial score (nSPS) is 11.5. The number of ether oxygens (including phenoxy) is 1. The van der Waals surface area contributed by atoms with Gasteiger partial charge < -0.3 is 25.2 Å². The molecule has 0 radical (unpaired) electrons. The fourth-order valence-corrected chi connectivity index (χ4v) is 3.67. The number of rotatable bonds is 10. The largest absolute Gasteiger partial charge is 0.508 e. The van der Waals surface area contributed by atoms with Gasteiger partial charge in [0.1, 0.15) is 5.75 Å².